The van der Waals surface area contributed by atoms with Gasteiger partial charge in [0.15, 0.2) is 0 Å². The molecule has 0 radical (unpaired) electrons. The molecule has 15 heavy (non-hydrogen) atoms. The van der Waals surface area contributed by atoms with Gasteiger partial charge in [-0.15, -0.1) is 0 Å². The summed E-state index contributed by atoms with van der Waals surface area (Å²) in [5.41, 5.74) is 6.01. The van der Waals surface area contributed by atoms with E-state index >= 15 is 0 Å². The Hall–Kier alpha value is -1.36. The Labute approximate surface area is 89.5 Å². The summed E-state index contributed by atoms with van der Waals surface area (Å²) in [6.45, 7) is 5.98. The predicted octanol–water partition coefficient (Wildman–Crippen LogP) is 0.194. The largest absolute Gasteiger partial charge is 0.368 e. The highest BCUT2D eigenvalue weighted by Gasteiger charge is 2.22. The molecule has 0 saturated heterocycles. The van der Waals surface area contributed by atoms with Crippen LogP contribution in [-0.4, -0.2) is 27.5 Å². The lowest BCUT2D eigenvalue weighted by Crippen LogP contribution is -2.51. The van der Waals surface area contributed by atoms with Crippen LogP contribution in [0.4, 0.5) is 0 Å². The van der Waals surface area contributed by atoms with Crippen LogP contribution < -0.4 is 11.1 Å². The third-order valence-electron chi connectivity index (χ3n) is 1.92. The number of aromatic amines is 1. The second-order valence-corrected chi connectivity index (χ2v) is 4.61. The van der Waals surface area contributed by atoms with E-state index in [1.54, 1.807) is 12.5 Å². The van der Waals surface area contributed by atoms with Crippen LogP contribution in [-0.2, 0) is 11.2 Å². The average Bonchev–Trinajstić information content (AvgIpc) is 2.52. The average molecular weight is 210 g/mol. The van der Waals surface area contributed by atoms with Gasteiger partial charge in [-0.2, -0.15) is 0 Å². The third-order valence-corrected chi connectivity index (χ3v) is 1.92. The number of hydrogen-bond acceptors (Lipinski definition) is 3. The van der Waals surface area contributed by atoms with E-state index in [1.165, 1.54) is 0 Å². The Morgan fingerprint density at radius 2 is 2.33 bits per heavy atom. The molecule has 1 aromatic heterocycles. The molecule has 0 aromatic carbocycles. The summed E-state index contributed by atoms with van der Waals surface area (Å²) in [5, 5.41) is 3.17. The van der Waals surface area contributed by atoms with Gasteiger partial charge in [0.1, 0.15) is 0 Å². The van der Waals surface area contributed by atoms with E-state index in [0.717, 1.165) is 5.69 Å². The molecule has 1 atom stereocenters. The van der Waals surface area contributed by atoms with Crippen molar-refractivity contribution in [2.24, 2.45) is 5.73 Å². The highest BCUT2D eigenvalue weighted by atomic mass is 16.1. The third kappa shape index (κ3) is 4.12. The molecular weight excluding hydrogens is 192 g/mol. The van der Waals surface area contributed by atoms with Gasteiger partial charge in [-0.3, -0.25) is 4.79 Å². The van der Waals surface area contributed by atoms with Crippen molar-refractivity contribution in [3.8, 4) is 0 Å². The number of hydrogen-bond donors (Lipinski definition) is 3. The lowest BCUT2D eigenvalue weighted by molar-refractivity contribution is -0.120. The van der Waals surface area contributed by atoms with Crippen LogP contribution in [0.25, 0.3) is 0 Å². The molecule has 0 aliphatic heterocycles. The maximum absolute atomic E-state index is 11.2. The SMILES string of the molecule is CC(C)(C)N[C@@H](Cc1c[nH]cn1)C(N)=O. The highest BCUT2D eigenvalue weighted by molar-refractivity contribution is 5.80. The lowest BCUT2D eigenvalue weighted by Gasteiger charge is -2.26. The number of nitrogens with two attached hydrogens (primary N) is 1. The summed E-state index contributed by atoms with van der Waals surface area (Å²) in [5.74, 6) is -0.354. The Bertz CT molecular complexity index is 313. The zero-order valence-electron chi connectivity index (χ0n) is 9.37. The van der Waals surface area contributed by atoms with Crippen LogP contribution in [0.3, 0.4) is 0 Å². The minimum absolute atomic E-state index is 0.143. The quantitative estimate of drug-likeness (QED) is 0.663. The molecule has 1 amide bonds. The first-order chi connectivity index (χ1) is 6.88. The molecule has 1 aromatic rings. The minimum atomic E-state index is -0.381. The molecule has 5 nitrogen and oxygen atoms in total. The van der Waals surface area contributed by atoms with Gasteiger partial charge in [-0.1, -0.05) is 0 Å². The first kappa shape index (κ1) is 11.7. The van der Waals surface area contributed by atoms with Crippen molar-refractivity contribution in [1.82, 2.24) is 15.3 Å². The van der Waals surface area contributed by atoms with E-state index in [-0.39, 0.29) is 17.5 Å². The zero-order valence-corrected chi connectivity index (χ0v) is 9.37. The second kappa shape index (κ2) is 4.44. The van der Waals surface area contributed by atoms with Crippen LogP contribution in [0.2, 0.25) is 0 Å². The van der Waals surface area contributed by atoms with Crippen LogP contribution in [0.1, 0.15) is 26.5 Å². The standard InChI is InChI=1S/C10H18N4O/c1-10(2,3)14-8(9(11)15)4-7-5-12-6-13-7/h5-6,8,14H,4H2,1-3H3,(H2,11,15)(H,12,13)/t8-/m0/s1. The van der Waals surface area contributed by atoms with Crippen molar-refractivity contribution in [3.05, 3.63) is 18.2 Å². The molecule has 4 N–H and O–H groups in total. The van der Waals surface area contributed by atoms with Crippen LogP contribution in [0.15, 0.2) is 12.5 Å². The highest BCUT2D eigenvalue weighted by Crippen LogP contribution is 2.05. The number of nitrogens with zero attached hydrogens (tertiary/aromatic N) is 1. The topological polar surface area (TPSA) is 83.8 Å². The van der Waals surface area contributed by atoms with Crippen molar-refractivity contribution in [3.63, 3.8) is 0 Å². The fraction of sp³-hybridized carbons (Fsp3) is 0.600. The first-order valence-corrected chi connectivity index (χ1v) is 4.93. The van der Waals surface area contributed by atoms with Gasteiger partial charge in [0, 0.05) is 18.2 Å². The van der Waals surface area contributed by atoms with Gasteiger partial charge in [0.2, 0.25) is 5.91 Å². The molecule has 0 aliphatic rings. The Balaban J connectivity index is 2.63. The van der Waals surface area contributed by atoms with E-state index in [1.807, 2.05) is 20.8 Å². The normalized spacial score (nSPS) is 13.8. The summed E-state index contributed by atoms with van der Waals surface area (Å²) in [6.07, 6.45) is 3.86. The summed E-state index contributed by atoms with van der Waals surface area (Å²) in [6, 6.07) is -0.381. The number of carbonyl (C=O) groups is 1. The number of nitrogens with one attached hydrogen (secondary N) is 2. The van der Waals surface area contributed by atoms with Crippen molar-refractivity contribution >= 4 is 5.91 Å². The van der Waals surface area contributed by atoms with Crippen molar-refractivity contribution in [1.29, 1.82) is 0 Å². The van der Waals surface area contributed by atoms with Gasteiger partial charge >= 0.3 is 0 Å². The Morgan fingerprint density at radius 1 is 1.67 bits per heavy atom. The van der Waals surface area contributed by atoms with E-state index in [2.05, 4.69) is 15.3 Å². The lowest BCUT2D eigenvalue weighted by atomic mass is 10.0. The molecule has 0 bridgehead atoms. The summed E-state index contributed by atoms with van der Waals surface area (Å²) in [4.78, 5) is 18.1. The molecule has 0 saturated carbocycles. The second-order valence-electron chi connectivity index (χ2n) is 4.61. The number of aromatic nitrogens is 2. The molecular formula is C10H18N4O. The van der Waals surface area contributed by atoms with Crippen molar-refractivity contribution < 1.29 is 4.79 Å². The molecule has 0 fully saturated rings. The molecule has 1 rings (SSSR count). The molecule has 0 unspecified atom stereocenters. The van der Waals surface area contributed by atoms with Gasteiger partial charge < -0.3 is 16.0 Å². The first-order valence-electron chi connectivity index (χ1n) is 4.93. The van der Waals surface area contributed by atoms with E-state index in [0.29, 0.717) is 6.42 Å². The molecule has 0 spiro atoms. The van der Waals surface area contributed by atoms with Crippen LogP contribution in [0.5, 0.6) is 0 Å². The van der Waals surface area contributed by atoms with Gasteiger partial charge in [-0.05, 0) is 20.8 Å². The minimum Gasteiger partial charge on any atom is -0.368 e. The zero-order chi connectivity index (χ0) is 11.5. The number of H-pyrrole nitrogens is 1. The maximum atomic E-state index is 11.2. The smallest absolute Gasteiger partial charge is 0.234 e. The summed E-state index contributed by atoms with van der Waals surface area (Å²) >= 11 is 0. The van der Waals surface area contributed by atoms with Crippen LogP contribution >= 0.6 is 0 Å². The van der Waals surface area contributed by atoms with Crippen molar-refractivity contribution in [2.75, 3.05) is 0 Å². The van der Waals surface area contributed by atoms with Gasteiger partial charge in [0.05, 0.1) is 18.1 Å². The van der Waals surface area contributed by atoms with E-state index < -0.39 is 0 Å². The maximum Gasteiger partial charge on any atom is 0.234 e. The molecule has 1 heterocycles. The van der Waals surface area contributed by atoms with Gasteiger partial charge in [0.25, 0.3) is 0 Å². The molecule has 0 aliphatic carbocycles. The number of amides is 1. The van der Waals surface area contributed by atoms with E-state index in [9.17, 15) is 4.79 Å². The van der Waals surface area contributed by atoms with Gasteiger partial charge in [-0.25, -0.2) is 4.98 Å². The van der Waals surface area contributed by atoms with Crippen LogP contribution in [0, 0.1) is 0 Å². The summed E-state index contributed by atoms with van der Waals surface area (Å²) < 4.78 is 0. The fourth-order valence-corrected chi connectivity index (χ4v) is 1.36. The number of imidazole rings is 1. The molecule has 5 heteroatoms. The fourth-order valence-electron chi connectivity index (χ4n) is 1.36. The molecule has 84 valence electrons. The Kier molecular flexibility index (Phi) is 3.47. The monoisotopic (exact) mass is 210 g/mol. The number of carbonyl (C=O) groups excluding carboxylic acids is 1. The number of primary amides is 1. The van der Waals surface area contributed by atoms with E-state index in [4.69, 9.17) is 5.73 Å². The Morgan fingerprint density at radius 3 is 2.73 bits per heavy atom. The summed E-state index contributed by atoms with van der Waals surface area (Å²) in [7, 11) is 0. The number of rotatable bonds is 4. The van der Waals surface area contributed by atoms with Crippen molar-refractivity contribution in [2.45, 2.75) is 38.8 Å². The predicted molar refractivity (Wildman–Crippen MR) is 58.2 cm³/mol.